The smallest absolute Gasteiger partial charge is 0.417 e. The molecule has 1 heterocycles. The Balaban J connectivity index is 2.25. The van der Waals surface area contributed by atoms with E-state index in [4.69, 9.17) is 14.7 Å². The summed E-state index contributed by atoms with van der Waals surface area (Å²) in [6.07, 6.45) is -4.13. The fourth-order valence-corrected chi connectivity index (χ4v) is 1.73. The van der Waals surface area contributed by atoms with E-state index >= 15 is 0 Å². The van der Waals surface area contributed by atoms with Crippen LogP contribution in [0.15, 0.2) is 18.2 Å². The lowest BCUT2D eigenvalue weighted by atomic mass is 10.1. The van der Waals surface area contributed by atoms with Crippen molar-refractivity contribution < 1.29 is 22.6 Å². The van der Waals surface area contributed by atoms with Crippen molar-refractivity contribution in [1.82, 2.24) is 0 Å². The van der Waals surface area contributed by atoms with Crippen LogP contribution in [0.3, 0.4) is 0 Å². The Hall–Kier alpha value is -1.74. The zero-order valence-corrected chi connectivity index (χ0v) is 9.33. The first-order valence-corrected chi connectivity index (χ1v) is 5.36. The van der Waals surface area contributed by atoms with Crippen LogP contribution in [0.2, 0.25) is 0 Å². The minimum atomic E-state index is -4.56. The maximum atomic E-state index is 12.7. The van der Waals surface area contributed by atoms with Crippen LogP contribution in [0.4, 0.5) is 13.2 Å². The van der Waals surface area contributed by atoms with Crippen molar-refractivity contribution in [2.75, 3.05) is 13.2 Å². The molecular formula is C12H10F3NO2. The summed E-state index contributed by atoms with van der Waals surface area (Å²) in [5, 5.41) is 8.65. The van der Waals surface area contributed by atoms with Crippen molar-refractivity contribution in [2.24, 2.45) is 0 Å². The van der Waals surface area contributed by atoms with Gasteiger partial charge in [-0.25, -0.2) is 0 Å². The minimum Gasteiger partial charge on any atom is -0.488 e. The number of benzene rings is 1. The van der Waals surface area contributed by atoms with Crippen LogP contribution in [0.5, 0.6) is 5.75 Å². The highest BCUT2D eigenvalue weighted by Gasteiger charge is 2.34. The molecule has 0 amide bonds. The molecule has 0 saturated carbocycles. The van der Waals surface area contributed by atoms with E-state index < -0.39 is 17.3 Å². The van der Waals surface area contributed by atoms with Gasteiger partial charge in [-0.1, -0.05) is 0 Å². The average Bonchev–Trinajstić information content (AvgIpc) is 2.80. The first-order valence-electron chi connectivity index (χ1n) is 5.36. The van der Waals surface area contributed by atoms with E-state index in [0.29, 0.717) is 19.6 Å². The standard InChI is InChI=1S/C12H10F3NO2/c13-12(14,15)11-5-9(2-1-8(11)6-16)18-10-3-4-17-7-10/h1-2,5,10H,3-4,7H2. The third-order valence-electron chi connectivity index (χ3n) is 2.61. The molecular weight excluding hydrogens is 247 g/mol. The molecule has 1 unspecified atom stereocenters. The third-order valence-corrected chi connectivity index (χ3v) is 2.61. The van der Waals surface area contributed by atoms with Crippen molar-refractivity contribution in [3.05, 3.63) is 29.3 Å². The van der Waals surface area contributed by atoms with Crippen LogP contribution in [-0.4, -0.2) is 19.3 Å². The van der Waals surface area contributed by atoms with Crippen LogP contribution >= 0.6 is 0 Å². The highest BCUT2D eigenvalue weighted by atomic mass is 19.4. The summed E-state index contributed by atoms with van der Waals surface area (Å²) in [7, 11) is 0. The predicted octanol–water partition coefficient (Wildman–Crippen LogP) is 2.74. The van der Waals surface area contributed by atoms with Crippen molar-refractivity contribution in [2.45, 2.75) is 18.7 Å². The average molecular weight is 257 g/mol. The van der Waals surface area contributed by atoms with E-state index in [0.717, 1.165) is 12.1 Å². The van der Waals surface area contributed by atoms with Gasteiger partial charge in [0.25, 0.3) is 0 Å². The van der Waals surface area contributed by atoms with E-state index in [1.165, 1.54) is 12.1 Å². The van der Waals surface area contributed by atoms with Crippen molar-refractivity contribution in [3.63, 3.8) is 0 Å². The molecule has 1 saturated heterocycles. The summed E-state index contributed by atoms with van der Waals surface area (Å²) in [4.78, 5) is 0. The summed E-state index contributed by atoms with van der Waals surface area (Å²) in [5.41, 5.74) is -1.38. The van der Waals surface area contributed by atoms with Gasteiger partial charge in [0.2, 0.25) is 0 Å². The Bertz CT molecular complexity index is 473. The van der Waals surface area contributed by atoms with Crippen molar-refractivity contribution in [3.8, 4) is 11.8 Å². The van der Waals surface area contributed by atoms with Crippen LogP contribution < -0.4 is 4.74 Å². The van der Waals surface area contributed by atoms with E-state index in [9.17, 15) is 13.2 Å². The van der Waals surface area contributed by atoms with Crippen LogP contribution in [0.25, 0.3) is 0 Å². The van der Waals surface area contributed by atoms with Crippen LogP contribution in [-0.2, 0) is 10.9 Å². The second-order valence-electron chi connectivity index (χ2n) is 3.92. The fourth-order valence-electron chi connectivity index (χ4n) is 1.73. The minimum absolute atomic E-state index is 0.108. The molecule has 1 aliphatic rings. The van der Waals surface area contributed by atoms with Gasteiger partial charge >= 0.3 is 6.18 Å². The number of hydrogen-bond donors (Lipinski definition) is 0. The summed E-state index contributed by atoms with van der Waals surface area (Å²) in [5.74, 6) is 0.108. The first kappa shape index (κ1) is 12.7. The molecule has 1 fully saturated rings. The lowest BCUT2D eigenvalue weighted by Gasteiger charge is -2.14. The van der Waals surface area contributed by atoms with Gasteiger partial charge in [0.05, 0.1) is 30.4 Å². The first-order chi connectivity index (χ1) is 8.50. The Labute approximate surface area is 102 Å². The van der Waals surface area contributed by atoms with Gasteiger partial charge in [0, 0.05) is 6.42 Å². The summed E-state index contributed by atoms with van der Waals surface area (Å²) >= 11 is 0. The molecule has 0 radical (unpaired) electrons. The van der Waals surface area contributed by atoms with E-state index in [1.807, 2.05) is 0 Å². The topological polar surface area (TPSA) is 42.2 Å². The normalized spacial score (nSPS) is 19.6. The molecule has 1 aromatic carbocycles. The Kier molecular flexibility index (Phi) is 3.43. The molecule has 1 aliphatic heterocycles. The second kappa shape index (κ2) is 4.86. The largest absolute Gasteiger partial charge is 0.488 e. The fraction of sp³-hybridized carbons (Fsp3) is 0.417. The third kappa shape index (κ3) is 2.74. The van der Waals surface area contributed by atoms with Crippen molar-refractivity contribution >= 4 is 0 Å². The number of halogens is 3. The Morgan fingerprint density at radius 2 is 2.17 bits per heavy atom. The predicted molar refractivity (Wildman–Crippen MR) is 56.0 cm³/mol. The number of hydrogen-bond acceptors (Lipinski definition) is 3. The Morgan fingerprint density at radius 1 is 1.39 bits per heavy atom. The zero-order valence-electron chi connectivity index (χ0n) is 9.33. The molecule has 1 atom stereocenters. The molecule has 0 spiro atoms. The summed E-state index contributed by atoms with van der Waals surface area (Å²) in [6, 6.07) is 4.87. The lowest BCUT2D eigenvalue weighted by molar-refractivity contribution is -0.137. The number of rotatable bonds is 2. The lowest BCUT2D eigenvalue weighted by Crippen LogP contribution is -2.16. The molecule has 6 heteroatoms. The molecule has 0 aromatic heterocycles. The number of alkyl halides is 3. The van der Waals surface area contributed by atoms with E-state index in [-0.39, 0.29) is 11.9 Å². The Morgan fingerprint density at radius 3 is 2.72 bits per heavy atom. The number of nitrogens with zero attached hydrogens (tertiary/aromatic N) is 1. The highest BCUT2D eigenvalue weighted by Crippen LogP contribution is 2.34. The monoisotopic (exact) mass is 257 g/mol. The molecule has 3 nitrogen and oxygen atoms in total. The molecule has 0 aliphatic carbocycles. The van der Waals surface area contributed by atoms with Crippen LogP contribution in [0, 0.1) is 11.3 Å². The van der Waals surface area contributed by atoms with Gasteiger partial charge in [-0.05, 0) is 18.2 Å². The van der Waals surface area contributed by atoms with Gasteiger partial charge < -0.3 is 9.47 Å². The van der Waals surface area contributed by atoms with Gasteiger partial charge in [0.1, 0.15) is 11.9 Å². The van der Waals surface area contributed by atoms with E-state index in [2.05, 4.69) is 0 Å². The van der Waals surface area contributed by atoms with Gasteiger partial charge in [-0.15, -0.1) is 0 Å². The van der Waals surface area contributed by atoms with Gasteiger partial charge in [-0.3, -0.25) is 0 Å². The highest BCUT2D eigenvalue weighted by molar-refractivity contribution is 5.44. The van der Waals surface area contributed by atoms with Gasteiger partial charge in [0.15, 0.2) is 0 Å². The molecule has 2 rings (SSSR count). The van der Waals surface area contributed by atoms with E-state index in [1.54, 1.807) is 0 Å². The maximum Gasteiger partial charge on any atom is 0.417 e. The number of nitriles is 1. The molecule has 18 heavy (non-hydrogen) atoms. The molecule has 0 N–H and O–H groups in total. The quantitative estimate of drug-likeness (QED) is 0.818. The van der Waals surface area contributed by atoms with Crippen LogP contribution in [0.1, 0.15) is 17.5 Å². The number of ether oxygens (including phenoxy) is 2. The molecule has 0 bridgehead atoms. The van der Waals surface area contributed by atoms with Gasteiger partial charge in [-0.2, -0.15) is 18.4 Å². The molecule has 96 valence electrons. The SMILES string of the molecule is N#Cc1ccc(OC2CCOC2)cc1C(F)(F)F. The summed E-state index contributed by atoms with van der Waals surface area (Å²) in [6.45, 7) is 0.925. The second-order valence-corrected chi connectivity index (χ2v) is 3.92. The van der Waals surface area contributed by atoms with Crippen molar-refractivity contribution in [1.29, 1.82) is 5.26 Å². The zero-order chi connectivity index (χ0) is 13.2. The molecule has 1 aromatic rings. The maximum absolute atomic E-state index is 12.7. The summed E-state index contributed by atoms with van der Waals surface area (Å²) < 4.78 is 48.5.